The van der Waals surface area contributed by atoms with E-state index in [-0.39, 0.29) is 0 Å². The van der Waals surface area contributed by atoms with Gasteiger partial charge < -0.3 is 4.40 Å². The lowest BCUT2D eigenvalue weighted by molar-refractivity contribution is 0.112. The molecule has 4 aromatic rings. The van der Waals surface area contributed by atoms with Gasteiger partial charge in [-0.25, -0.2) is 4.98 Å². The van der Waals surface area contributed by atoms with E-state index in [0.29, 0.717) is 16.2 Å². The summed E-state index contributed by atoms with van der Waals surface area (Å²) in [5.41, 5.74) is 6.56. The number of aromatic nitrogens is 2. The van der Waals surface area contributed by atoms with E-state index >= 15 is 0 Å². The van der Waals surface area contributed by atoms with Gasteiger partial charge in [0.25, 0.3) is 0 Å². The van der Waals surface area contributed by atoms with Gasteiger partial charge in [0.05, 0.1) is 10.7 Å². The summed E-state index contributed by atoms with van der Waals surface area (Å²) in [6, 6.07) is 18.1. The molecule has 0 amide bonds. The highest BCUT2D eigenvalue weighted by molar-refractivity contribution is 6.33. The predicted octanol–water partition coefficient (Wildman–Crippen LogP) is 5.44. The van der Waals surface area contributed by atoms with Crippen LogP contribution in [0.4, 0.5) is 0 Å². The Hall–Kier alpha value is -2.91. The van der Waals surface area contributed by atoms with Crippen LogP contribution in [0.15, 0.2) is 67.0 Å². The van der Waals surface area contributed by atoms with Crippen molar-refractivity contribution in [1.82, 2.24) is 9.38 Å². The summed E-state index contributed by atoms with van der Waals surface area (Å²) >= 11 is 6.27. The number of hydrogen-bond donors (Lipinski definition) is 0. The topological polar surface area (TPSA) is 34.4 Å². The van der Waals surface area contributed by atoms with Crippen LogP contribution in [0.2, 0.25) is 5.02 Å². The van der Waals surface area contributed by atoms with E-state index in [0.717, 1.165) is 23.1 Å². The Morgan fingerprint density at radius 2 is 1.76 bits per heavy atom. The standard InChI is InChI=1S/C21H15ClN2O/c1-14-17(16-6-3-2-4-7-16)8-5-9-18(14)20-12-24-11-15(13-25)10-19(22)21(24)23-20/h2-13H,1H3. The Bertz CT molecular complexity index is 1080. The van der Waals surface area contributed by atoms with Gasteiger partial charge in [-0.1, -0.05) is 60.1 Å². The smallest absolute Gasteiger partial charge is 0.156 e. The highest BCUT2D eigenvalue weighted by atomic mass is 35.5. The molecule has 2 heterocycles. The van der Waals surface area contributed by atoms with Gasteiger partial charge in [0.15, 0.2) is 11.9 Å². The number of pyridine rings is 1. The Morgan fingerprint density at radius 3 is 2.52 bits per heavy atom. The third-order valence-corrected chi connectivity index (χ3v) is 4.64. The number of benzene rings is 2. The minimum Gasteiger partial charge on any atom is -0.304 e. The second kappa shape index (κ2) is 6.19. The number of carbonyl (C=O) groups is 1. The van der Waals surface area contributed by atoms with Crippen LogP contribution in [0.25, 0.3) is 28.0 Å². The third-order valence-electron chi connectivity index (χ3n) is 4.36. The van der Waals surface area contributed by atoms with Gasteiger partial charge in [-0.05, 0) is 29.7 Å². The van der Waals surface area contributed by atoms with Crippen molar-refractivity contribution in [3.05, 3.63) is 83.1 Å². The lowest BCUT2D eigenvalue weighted by atomic mass is 9.95. The van der Waals surface area contributed by atoms with Crippen molar-refractivity contribution in [2.24, 2.45) is 0 Å². The van der Waals surface area contributed by atoms with Gasteiger partial charge in [-0.3, -0.25) is 4.79 Å². The molecular weight excluding hydrogens is 332 g/mol. The maximum atomic E-state index is 11.0. The number of halogens is 1. The lowest BCUT2D eigenvalue weighted by Gasteiger charge is -2.10. The normalized spacial score (nSPS) is 11.0. The summed E-state index contributed by atoms with van der Waals surface area (Å²) in [4.78, 5) is 15.7. The third kappa shape index (κ3) is 2.73. The molecule has 122 valence electrons. The predicted molar refractivity (Wildman–Crippen MR) is 101 cm³/mol. The van der Waals surface area contributed by atoms with Crippen LogP contribution in [0, 0.1) is 6.92 Å². The fraction of sp³-hybridized carbons (Fsp3) is 0.0476. The average molecular weight is 347 g/mol. The molecule has 0 N–H and O–H groups in total. The minimum atomic E-state index is 0.465. The van der Waals surface area contributed by atoms with Crippen molar-refractivity contribution >= 4 is 23.5 Å². The summed E-state index contributed by atoms with van der Waals surface area (Å²) < 4.78 is 1.80. The zero-order valence-electron chi connectivity index (χ0n) is 13.6. The first-order valence-corrected chi connectivity index (χ1v) is 8.34. The lowest BCUT2D eigenvalue weighted by Crippen LogP contribution is -1.88. The monoisotopic (exact) mass is 346 g/mol. The largest absolute Gasteiger partial charge is 0.304 e. The Labute approximate surface area is 150 Å². The molecule has 0 bridgehead atoms. The summed E-state index contributed by atoms with van der Waals surface area (Å²) in [5.74, 6) is 0. The molecule has 25 heavy (non-hydrogen) atoms. The molecule has 0 saturated carbocycles. The highest BCUT2D eigenvalue weighted by Gasteiger charge is 2.13. The van der Waals surface area contributed by atoms with Gasteiger partial charge >= 0.3 is 0 Å². The van der Waals surface area contributed by atoms with Gasteiger partial charge in [0, 0.05) is 23.5 Å². The number of imidazole rings is 1. The van der Waals surface area contributed by atoms with Crippen LogP contribution in [0.5, 0.6) is 0 Å². The minimum absolute atomic E-state index is 0.465. The van der Waals surface area contributed by atoms with Crippen molar-refractivity contribution in [2.75, 3.05) is 0 Å². The number of carbonyl (C=O) groups excluding carboxylic acids is 1. The van der Waals surface area contributed by atoms with Crippen LogP contribution < -0.4 is 0 Å². The van der Waals surface area contributed by atoms with Crippen LogP contribution >= 0.6 is 11.6 Å². The van der Waals surface area contributed by atoms with Crippen LogP contribution in [0.1, 0.15) is 15.9 Å². The van der Waals surface area contributed by atoms with Gasteiger partial charge in [0.1, 0.15) is 0 Å². The molecule has 0 aliphatic carbocycles. The SMILES string of the molecule is Cc1c(-c2ccccc2)cccc1-c1cn2cc(C=O)cc(Cl)c2n1. The molecule has 0 aliphatic heterocycles. The van der Waals surface area contributed by atoms with Gasteiger partial charge in [-0.2, -0.15) is 0 Å². The molecule has 0 radical (unpaired) electrons. The van der Waals surface area contributed by atoms with E-state index in [9.17, 15) is 4.79 Å². The fourth-order valence-corrected chi connectivity index (χ4v) is 3.38. The molecule has 0 atom stereocenters. The summed E-state index contributed by atoms with van der Waals surface area (Å²) in [5, 5.41) is 0.465. The van der Waals surface area contributed by atoms with E-state index in [4.69, 9.17) is 11.6 Å². The second-order valence-electron chi connectivity index (χ2n) is 5.94. The second-order valence-corrected chi connectivity index (χ2v) is 6.35. The number of rotatable bonds is 3. The van der Waals surface area contributed by atoms with E-state index in [1.165, 1.54) is 11.1 Å². The van der Waals surface area contributed by atoms with Gasteiger partial charge in [0.2, 0.25) is 0 Å². The van der Waals surface area contributed by atoms with E-state index in [1.807, 2.05) is 30.5 Å². The number of fused-ring (bicyclic) bond motifs is 1. The zero-order valence-corrected chi connectivity index (χ0v) is 14.4. The molecule has 2 aromatic heterocycles. The van der Waals surface area contributed by atoms with Crippen molar-refractivity contribution in [2.45, 2.75) is 6.92 Å². The molecule has 0 aliphatic rings. The molecule has 4 rings (SSSR count). The maximum absolute atomic E-state index is 11.0. The van der Waals surface area contributed by atoms with Gasteiger partial charge in [-0.15, -0.1) is 0 Å². The molecule has 2 aromatic carbocycles. The first-order valence-electron chi connectivity index (χ1n) is 7.96. The molecule has 0 spiro atoms. The Kier molecular flexibility index (Phi) is 3.86. The maximum Gasteiger partial charge on any atom is 0.156 e. The highest BCUT2D eigenvalue weighted by Crippen LogP contribution is 2.32. The van der Waals surface area contributed by atoms with Crippen LogP contribution in [-0.2, 0) is 0 Å². The molecule has 4 heteroatoms. The average Bonchev–Trinajstić information content (AvgIpc) is 3.07. The zero-order chi connectivity index (χ0) is 17.4. The van der Waals surface area contributed by atoms with Crippen molar-refractivity contribution < 1.29 is 4.79 Å². The van der Waals surface area contributed by atoms with E-state index in [2.05, 4.69) is 36.2 Å². The van der Waals surface area contributed by atoms with E-state index in [1.54, 1.807) is 16.7 Å². The Balaban J connectivity index is 1.89. The van der Waals surface area contributed by atoms with Crippen LogP contribution in [0.3, 0.4) is 0 Å². The quantitative estimate of drug-likeness (QED) is 0.463. The molecule has 0 fully saturated rings. The molecule has 0 saturated heterocycles. The Morgan fingerprint density at radius 1 is 1.00 bits per heavy atom. The summed E-state index contributed by atoms with van der Waals surface area (Å²) in [7, 11) is 0. The first-order chi connectivity index (χ1) is 12.2. The van der Waals surface area contributed by atoms with E-state index < -0.39 is 0 Å². The fourth-order valence-electron chi connectivity index (χ4n) is 3.12. The van der Waals surface area contributed by atoms with Crippen molar-refractivity contribution in [3.8, 4) is 22.4 Å². The van der Waals surface area contributed by atoms with Crippen LogP contribution in [-0.4, -0.2) is 15.7 Å². The molecule has 0 unspecified atom stereocenters. The number of hydrogen-bond acceptors (Lipinski definition) is 2. The molecule has 3 nitrogen and oxygen atoms in total. The summed E-state index contributed by atoms with van der Waals surface area (Å²) in [6.45, 7) is 2.10. The number of aldehydes is 1. The molecular formula is C21H15ClN2O. The van der Waals surface area contributed by atoms with Crippen molar-refractivity contribution in [3.63, 3.8) is 0 Å². The first kappa shape index (κ1) is 15.6. The summed E-state index contributed by atoms with van der Waals surface area (Å²) in [6.07, 6.45) is 4.43. The van der Waals surface area contributed by atoms with Crippen molar-refractivity contribution in [1.29, 1.82) is 0 Å². The number of nitrogens with zero attached hydrogens (tertiary/aromatic N) is 2.